The van der Waals surface area contributed by atoms with Gasteiger partial charge in [-0.15, -0.1) is 0 Å². The number of benzene rings is 1. The van der Waals surface area contributed by atoms with Crippen molar-refractivity contribution in [1.82, 2.24) is 0 Å². The number of hydrogen-bond donors (Lipinski definition) is 0. The number of alkyl halides is 3. The Hall–Kier alpha value is -1.50. The first-order chi connectivity index (χ1) is 7.18. The van der Waals surface area contributed by atoms with Gasteiger partial charge < -0.3 is 0 Å². The number of nitrogens with zero attached hydrogens (tertiary/aromatic N) is 1. The highest BCUT2D eigenvalue weighted by Crippen LogP contribution is 2.39. The molecule has 0 aliphatic heterocycles. The molecule has 0 bridgehead atoms. The minimum absolute atomic E-state index is 0.152. The van der Waals surface area contributed by atoms with Crippen LogP contribution < -0.4 is 0 Å². The van der Waals surface area contributed by atoms with Gasteiger partial charge in [0.05, 0.1) is 17.2 Å². The van der Waals surface area contributed by atoms with Crippen molar-refractivity contribution in [2.24, 2.45) is 0 Å². The second-order valence-electron chi connectivity index (χ2n) is 4.59. The number of nitriles is 1. The lowest BCUT2D eigenvalue weighted by molar-refractivity contribution is -0.138. The summed E-state index contributed by atoms with van der Waals surface area (Å²) < 4.78 is 38.6. The van der Waals surface area contributed by atoms with E-state index in [2.05, 4.69) is 0 Å². The fourth-order valence-corrected chi connectivity index (χ4v) is 1.58. The maximum absolute atomic E-state index is 12.9. The van der Waals surface area contributed by atoms with Crippen LogP contribution >= 0.6 is 0 Å². The van der Waals surface area contributed by atoms with Gasteiger partial charge in [0, 0.05) is 0 Å². The third kappa shape index (κ3) is 2.35. The average molecular weight is 227 g/mol. The van der Waals surface area contributed by atoms with Crippen LogP contribution in [0.2, 0.25) is 0 Å². The van der Waals surface area contributed by atoms with E-state index < -0.39 is 17.2 Å². The van der Waals surface area contributed by atoms with Crippen LogP contribution in [0.5, 0.6) is 0 Å². The summed E-state index contributed by atoms with van der Waals surface area (Å²) in [5.74, 6) is 0. The lowest BCUT2D eigenvalue weighted by atomic mass is 9.82. The quantitative estimate of drug-likeness (QED) is 0.659. The Morgan fingerprint density at radius 2 is 1.69 bits per heavy atom. The summed E-state index contributed by atoms with van der Waals surface area (Å²) in [4.78, 5) is 0. The molecule has 0 saturated heterocycles. The molecule has 0 spiro atoms. The number of hydrogen-bond acceptors (Lipinski definition) is 1. The summed E-state index contributed by atoms with van der Waals surface area (Å²) in [7, 11) is 0. The van der Waals surface area contributed by atoms with Crippen LogP contribution in [0.4, 0.5) is 13.2 Å². The molecule has 0 saturated carbocycles. The van der Waals surface area contributed by atoms with E-state index in [-0.39, 0.29) is 11.1 Å². The highest BCUT2D eigenvalue weighted by atomic mass is 19.4. The molecule has 86 valence electrons. The van der Waals surface area contributed by atoms with Crippen molar-refractivity contribution in [3.8, 4) is 6.07 Å². The molecule has 1 aromatic rings. The Kier molecular flexibility index (Phi) is 3.00. The SMILES string of the molecule is CC(C)(C)c1cccc(C#N)c1C(F)(F)F. The van der Waals surface area contributed by atoms with Gasteiger partial charge in [-0.2, -0.15) is 18.4 Å². The summed E-state index contributed by atoms with van der Waals surface area (Å²) in [6, 6.07) is 5.69. The first-order valence-electron chi connectivity index (χ1n) is 4.78. The average Bonchev–Trinajstić information content (AvgIpc) is 2.13. The van der Waals surface area contributed by atoms with Crippen molar-refractivity contribution in [2.45, 2.75) is 32.4 Å². The summed E-state index contributed by atoms with van der Waals surface area (Å²) in [5.41, 5.74) is -1.62. The lowest BCUT2D eigenvalue weighted by Gasteiger charge is -2.24. The van der Waals surface area contributed by atoms with E-state index in [9.17, 15) is 13.2 Å². The Balaban J connectivity index is 3.59. The van der Waals surface area contributed by atoms with E-state index in [0.717, 1.165) is 0 Å². The molecule has 0 heterocycles. The Labute approximate surface area is 92.5 Å². The molecule has 0 N–H and O–H groups in total. The smallest absolute Gasteiger partial charge is 0.192 e. The zero-order valence-corrected chi connectivity index (χ0v) is 9.31. The molecule has 0 fully saturated rings. The molecule has 16 heavy (non-hydrogen) atoms. The third-order valence-corrected chi connectivity index (χ3v) is 2.28. The minimum Gasteiger partial charge on any atom is -0.192 e. The standard InChI is InChI=1S/C12H12F3N/c1-11(2,3)9-6-4-5-8(7-16)10(9)12(13,14)15/h4-6H,1-3H3. The predicted molar refractivity (Wildman–Crippen MR) is 54.9 cm³/mol. The summed E-state index contributed by atoms with van der Waals surface area (Å²) >= 11 is 0. The van der Waals surface area contributed by atoms with Gasteiger partial charge in [-0.05, 0) is 17.0 Å². The van der Waals surface area contributed by atoms with E-state index >= 15 is 0 Å². The Bertz CT molecular complexity index is 433. The molecule has 0 atom stereocenters. The van der Waals surface area contributed by atoms with Gasteiger partial charge in [0.25, 0.3) is 0 Å². The molecule has 0 amide bonds. The van der Waals surface area contributed by atoms with E-state index in [4.69, 9.17) is 5.26 Å². The van der Waals surface area contributed by atoms with Crippen molar-refractivity contribution in [2.75, 3.05) is 0 Å². The second kappa shape index (κ2) is 3.82. The Morgan fingerprint density at radius 3 is 2.06 bits per heavy atom. The summed E-state index contributed by atoms with van der Waals surface area (Å²) in [5, 5.41) is 8.72. The van der Waals surface area contributed by atoms with Crippen molar-refractivity contribution in [3.05, 3.63) is 34.9 Å². The summed E-state index contributed by atoms with van der Waals surface area (Å²) in [6.07, 6.45) is -4.49. The van der Waals surface area contributed by atoms with Gasteiger partial charge in [-0.3, -0.25) is 0 Å². The van der Waals surface area contributed by atoms with Gasteiger partial charge in [-0.25, -0.2) is 0 Å². The van der Waals surface area contributed by atoms with Crippen molar-refractivity contribution < 1.29 is 13.2 Å². The van der Waals surface area contributed by atoms with Crippen LogP contribution in [-0.4, -0.2) is 0 Å². The number of rotatable bonds is 0. The second-order valence-corrected chi connectivity index (χ2v) is 4.59. The molecule has 1 aromatic carbocycles. The molecule has 1 rings (SSSR count). The van der Waals surface area contributed by atoms with Crippen LogP contribution in [0.3, 0.4) is 0 Å². The first-order valence-corrected chi connectivity index (χ1v) is 4.78. The fourth-order valence-electron chi connectivity index (χ4n) is 1.58. The highest BCUT2D eigenvalue weighted by molar-refractivity contribution is 5.47. The van der Waals surface area contributed by atoms with Crippen molar-refractivity contribution in [3.63, 3.8) is 0 Å². The van der Waals surface area contributed by atoms with Crippen LogP contribution in [0, 0.1) is 11.3 Å². The lowest BCUT2D eigenvalue weighted by Crippen LogP contribution is -2.20. The molecular weight excluding hydrogens is 215 g/mol. The molecular formula is C12H12F3N. The first kappa shape index (κ1) is 12.6. The minimum atomic E-state index is -4.49. The third-order valence-electron chi connectivity index (χ3n) is 2.28. The van der Waals surface area contributed by atoms with E-state index in [1.54, 1.807) is 26.8 Å². The maximum Gasteiger partial charge on any atom is 0.417 e. The van der Waals surface area contributed by atoms with Gasteiger partial charge in [-0.1, -0.05) is 32.9 Å². The van der Waals surface area contributed by atoms with Gasteiger partial charge >= 0.3 is 6.18 Å². The molecule has 0 unspecified atom stereocenters. The normalized spacial score (nSPS) is 12.3. The van der Waals surface area contributed by atoms with Crippen LogP contribution in [0.15, 0.2) is 18.2 Å². The topological polar surface area (TPSA) is 23.8 Å². The van der Waals surface area contributed by atoms with Crippen molar-refractivity contribution >= 4 is 0 Å². The molecule has 0 aromatic heterocycles. The highest BCUT2D eigenvalue weighted by Gasteiger charge is 2.38. The predicted octanol–water partition coefficient (Wildman–Crippen LogP) is 3.87. The van der Waals surface area contributed by atoms with Crippen LogP contribution in [0.1, 0.15) is 37.5 Å². The van der Waals surface area contributed by atoms with E-state index in [0.29, 0.717) is 0 Å². The maximum atomic E-state index is 12.9. The molecule has 4 heteroatoms. The summed E-state index contributed by atoms with van der Waals surface area (Å²) in [6.45, 7) is 5.08. The molecule has 0 radical (unpaired) electrons. The van der Waals surface area contributed by atoms with Crippen LogP contribution in [0.25, 0.3) is 0 Å². The largest absolute Gasteiger partial charge is 0.417 e. The number of halogens is 3. The zero-order valence-electron chi connectivity index (χ0n) is 9.31. The fraction of sp³-hybridized carbons (Fsp3) is 0.417. The zero-order chi connectivity index (χ0) is 12.6. The van der Waals surface area contributed by atoms with Gasteiger partial charge in [0.15, 0.2) is 0 Å². The van der Waals surface area contributed by atoms with E-state index in [1.165, 1.54) is 18.2 Å². The molecule has 1 nitrogen and oxygen atoms in total. The van der Waals surface area contributed by atoms with Crippen LogP contribution in [-0.2, 0) is 11.6 Å². The van der Waals surface area contributed by atoms with E-state index in [1.807, 2.05) is 0 Å². The molecule has 0 aliphatic rings. The molecule has 0 aliphatic carbocycles. The monoisotopic (exact) mass is 227 g/mol. The van der Waals surface area contributed by atoms with Gasteiger partial charge in [0.1, 0.15) is 0 Å². The van der Waals surface area contributed by atoms with Gasteiger partial charge in [0.2, 0.25) is 0 Å². The Morgan fingerprint density at radius 1 is 1.12 bits per heavy atom. The van der Waals surface area contributed by atoms with Crippen molar-refractivity contribution in [1.29, 1.82) is 5.26 Å².